The fourth-order valence-corrected chi connectivity index (χ4v) is 2.36. The van der Waals surface area contributed by atoms with E-state index in [4.69, 9.17) is 15.2 Å². The van der Waals surface area contributed by atoms with E-state index in [1.54, 1.807) is 12.3 Å². The van der Waals surface area contributed by atoms with Crippen LogP contribution in [0.5, 0.6) is 0 Å². The zero-order chi connectivity index (χ0) is 17.0. The zero-order valence-corrected chi connectivity index (χ0v) is 12.8. The average molecular weight is 325 g/mol. The fourth-order valence-electron chi connectivity index (χ4n) is 2.36. The molecule has 0 spiro atoms. The highest BCUT2D eigenvalue weighted by Crippen LogP contribution is 2.25. The summed E-state index contributed by atoms with van der Waals surface area (Å²) in [5.74, 6) is -0.998. The van der Waals surface area contributed by atoms with Gasteiger partial charge in [-0.25, -0.2) is 0 Å². The van der Waals surface area contributed by atoms with Gasteiger partial charge < -0.3 is 25.4 Å². The van der Waals surface area contributed by atoms with Crippen molar-refractivity contribution in [1.29, 1.82) is 0 Å². The Kier molecular flexibility index (Phi) is 5.64. The molecule has 4 atom stereocenters. The molecule has 1 amide bonds. The summed E-state index contributed by atoms with van der Waals surface area (Å²) in [4.78, 5) is 22.6. The standard InChI is InChI=1S/C15H20N2O6/c1-2-4-11(18)22-8-10-12(19)13(20)15(23-10)17-6-3-5-9(7-17)14(16)21/h3,5-7,10,12-13,15,19-20H,2,4,8H2,1H3,(H-,16,21)/p+1/t10?,12-,13-,15-/m1/s1. The molecule has 0 bridgehead atoms. The van der Waals surface area contributed by atoms with Gasteiger partial charge in [-0.3, -0.25) is 9.59 Å². The van der Waals surface area contributed by atoms with Crippen molar-refractivity contribution >= 4 is 11.9 Å². The predicted octanol–water partition coefficient (Wildman–Crippen LogP) is -0.964. The molecular weight excluding hydrogens is 304 g/mol. The maximum absolute atomic E-state index is 11.4. The minimum absolute atomic E-state index is 0.149. The van der Waals surface area contributed by atoms with Gasteiger partial charge in [0.15, 0.2) is 18.5 Å². The van der Waals surface area contributed by atoms with Crippen molar-refractivity contribution in [2.45, 2.75) is 44.3 Å². The maximum Gasteiger partial charge on any atom is 0.305 e. The number of rotatable bonds is 6. The molecule has 8 heteroatoms. The zero-order valence-electron chi connectivity index (χ0n) is 12.8. The van der Waals surface area contributed by atoms with Crippen molar-refractivity contribution in [1.82, 2.24) is 0 Å². The molecule has 8 nitrogen and oxygen atoms in total. The molecule has 2 heterocycles. The summed E-state index contributed by atoms with van der Waals surface area (Å²) in [6, 6.07) is 3.11. The fraction of sp³-hybridized carbons (Fsp3) is 0.533. The van der Waals surface area contributed by atoms with Gasteiger partial charge in [0.2, 0.25) is 0 Å². The number of ether oxygens (including phenoxy) is 2. The van der Waals surface area contributed by atoms with E-state index in [-0.39, 0.29) is 24.6 Å². The number of nitrogens with zero attached hydrogens (tertiary/aromatic N) is 1. The molecule has 1 aliphatic rings. The summed E-state index contributed by atoms with van der Waals surface area (Å²) >= 11 is 0. The van der Waals surface area contributed by atoms with Crippen molar-refractivity contribution in [3.05, 3.63) is 30.1 Å². The van der Waals surface area contributed by atoms with Gasteiger partial charge in [-0.05, 0) is 12.5 Å². The Labute approximate surface area is 133 Å². The number of hydrogen-bond donors (Lipinski definition) is 3. The summed E-state index contributed by atoms with van der Waals surface area (Å²) in [6.45, 7) is 1.70. The number of carbonyl (C=O) groups is 2. The highest BCUT2D eigenvalue weighted by atomic mass is 16.6. The number of hydrogen-bond acceptors (Lipinski definition) is 6. The summed E-state index contributed by atoms with van der Waals surface area (Å²) in [6.07, 6.45) is -0.234. The molecule has 0 aromatic carbocycles. The number of pyridine rings is 1. The van der Waals surface area contributed by atoms with Crippen LogP contribution in [-0.4, -0.2) is 47.0 Å². The number of aliphatic hydroxyl groups excluding tert-OH is 2. The molecule has 23 heavy (non-hydrogen) atoms. The first kappa shape index (κ1) is 17.3. The Morgan fingerprint density at radius 3 is 2.78 bits per heavy atom. The van der Waals surface area contributed by atoms with Gasteiger partial charge in [0.25, 0.3) is 12.1 Å². The number of carbonyl (C=O) groups excluding carboxylic acids is 2. The third-order valence-electron chi connectivity index (χ3n) is 3.60. The van der Waals surface area contributed by atoms with Gasteiger partial charge >= 0.3 is 5.97 Å². The number of esters is 1. The minimum atomic E-state index is -1.22. The molecular formula is C15H21N2O6+. The summed E-state index contributed by atoms with van der Waals surface area (Å²) < 4.78 is 12.0. The van der Waals surface area contributed by atoms with Crippen LogP contribution in [0.1, 0.15) is 36.4 Å². The van der Waals surface area contributed by atoms with Gasteiger partial charge in [0, 0.05) is 12.5 Å². The van der Waals surface area contributed by atoms with E-state index in [0.29, 0.717) is 6.42 Å². The average Bonchev–Trinajstić information content (AvgIpc) is 2.81. The molecule has 0 radical (unpaired) electrons. The second kappa shape index (κ2) is 7.49. The van der Waals surface area contributed by atoms with E-state index in [1.807, 2.05) is 6.92 Å². The normalized spacial score (nSPS) is 26.9. The van der Waals surface area contributed by atoms with E-state index in [1.165, 1.54) is 16.8 Å². The summed E-state index contributed by atoms with van der Waals surface area (Å²) in [5, 5.41) is 20.2. The van der Waals surface area contributed by atoms with E-state index >= 15 is 0 Å². The van der Waals surface area contributed by atoms with Crippen molar-refractivity contribution in [3.8, 4) is 0 Å². The third-order valence-corrected chi connectivity index (χ3v) is 3.60. The first-order valence-electron chi connectivity index (χ1n) is 7.42. The number of amides is 1. The SMILES string of the molecule is CCCC(=O)OCC1O[C@@H]([n+]2cccc(C(N)=O)c2)[C@H](O)[C@@H]1O. The Balaban J connectivity index is 2.06. The minimum Gasteiger partial charge on any atom is -0.463 e. The lowest BCUT2D eigenvalue weighted by molar-refractivity contribution is -0.765. The lowest BCUT2D eigenvalue weighted by Gasteiger charge is -2.13. The van der Waals surface area contributed by atoms with Gasteiger partial charge in [0.1, 0.15) is 24.4 Å². The monoisotopic (exact) mass is 325 g/mol. The smallest absolute Gasteiger partial charge is 0.305 e. The highest BCUT2D eigenvalue weighted by Gasteiger charge is 2.48. The predicted molar refractivity (Wildman–Crippen MR) is 76.9 cm³/mol. The molecule has 1 unspecified atom stereocenters. The van der Waals surface area contributed by atoms with Crippen LogP contribution in [-0.2, 0) is 14.3 Å². The molecule has 4 N–H and O–H groups in total. The maximum atomic E-state index is 11.4. The third kappa shape index (κ3) is 4.04. The van der Waals surface area contributed by atoms with Crippen LogP contribution < -0.4 is 10.3 Å². The molecule has 0 saturated carbocycles. The first-order chi connectivity index (χ1) is 10.9. The molecule has 1 aliphatic heterocycles. The van der Waals surface area contributed by atoms with Crippen molar-refractivity contribution < 1.29 is 33.8 Å². The topological polar surface area (TPSA) is 123 Å². The van der Waals surface area contributed by atoms with Crippen LogP contribution in [0.4, 0.5) is 0 Å². The number of primary amides is 1. The highest BCUT2D eigenvalue weighted by molar-refractivity contribution is 5.92. The van der Waals surface area contributed by atoms with Crippen molar-refractivity contribution in [2.24, 2.45) is 5.73 Å². The number of aliphatic hydroxyl groups is 2. The molecule has 126 valence electrons. The van der Waals surface area contributed by atoms with Crippen LogP contribution in [0.25, 0.3) is 0 Å². The van der Waals surface area contributed by atoms with E-state index in [0.717, 1.165) is 0 Å². The molecule has 1 aromatic heterocycles. The molecule has 2 rings (SSSR count). The van der Waals surface area contributed by atoms with Crippen molar-refractivity contribution in [2.75, 3.05) is 6.61 Å². The first-order valence-corrected chi connectivity index (χ1v) is 7.42. The second-order valence-electron chi connectivity index (χ2n) is 5.38. The summed E-state index contributed by atoms with van der Waals surface area (Å²) in [5.41, 5.74) is 5.46. The van der Waals surface area contributed by atoms with Crippen LogP contribution in [0, 0.1) is 0 Å². The van der Waals surface area contributed by atoms with Gasteiger partial charge in [-0.15, -0.1) is 0 Å². The van der Waals surface area contributed by atoms with E-state index < -0.39 is 30.4 Å². The lowest BCUT2D eigenvalue weighted by Crippen LogP contribution is -2.46. The van der Waals surface area contributed by atoms with Crippen LogP contribution in [0.2, 0.25) is 0 Å². The Hall–Kier alpha value is -2.03. The molecule has 1 fully saturated rings. The lowest BCUT2D eigenvalue weighted by atomic mass is 10.1. The second-order valence-corrected chi connectivity index (χ2v) is 5.38. The van der Waals surface area contributed by atoms with Crippen molar-refractivity contribution in [3.63, 3.8) is 0 Å². The van der Waals surface area contributed by atoms with Gasteiger partial charge in [-0.1, -0.05) is 6.92 Å². The summed E-state index contributed by atoms with van der Waals surface area (Å²) in [7, 11) is 0. The van der Waals surface area contributed by atoms with E-state index in [2.05, 4.69) is 0 Å². The Bertz CT molecular complexity index is 579. The van der Waals surface area contributed by atoms with Gasteiger partial charge in [-0.2, -0.15) is 4.57 Å². The Morgan fingerprint density at radius 2 is 2.13 bits per heavy atom. The molecule has 0 aliphatic carbocycles. The Morgan fingerprint density at radius 1 is 1.39 bits per heavy atom. The quantitative estimate of drug-likeness (QED) is 0.457. The van der Waals surface area contributed by atoms with Crippen LogP contribution in [0.3, 0.4) is 0 Å². The number of nitrogens with two attached hydrogens (primary N) is 1. The van der Waals surface area contributed by atoms with Crippen LogP contribution >= 0.6 is 0 Å². The van der Waals surface area contributed by atoms with Crippen LogP contribution in [0.15, 0.2) is 24.5 Å². The molecule has 1 saturated heterocycles. The van der Waals surface area contributed by atoms with E-state index in [9.17, 15) is 19.8 Å². The largest absolute Gasteiger partial charge is 0.463 e. The molecule has 1 aromatic rings. The number of aromatic nitrogens is 1. The van der Waals surface area contributed by atoms with Gasteiger partial charge in [0.05, 0.1) is 0 Å².